The highest BCUT2D eigenvalue weighted by Gasteiger charge is 2.20. The van der Waals surface area contributed by atoms with Gasteiger partial charge in [0.25, 0.3) is 0 Å². The first-order valence-electron chi connectivity index (χ1n) is 6.83. The van der Waals surface area contributed by atoms with Crippen molar-refractivity contribution in [3.05, 3.63) is 35.6 Å². The zero-order chi connectivity index (χ0) is 12.8. The molecule has 0 aliphatic heterocycles. The van der Waals surface area contributed by atoms with E-state index in [1.165, 1.54) is 18.9 Å². The molecule has 0 saturated heterocycles. The lowest BCUT2D eigenvalue weighted by Crippen LogP contribution is -2.21. The molecule has 1 aliphatic carbocycles. The van der Waals surface area contributed by atoms with Gasteiger partial charge in [-0.15, -0.1) is 0 Å². The number of halogens is 1. The summed E-state index contributed by atoms with van der Waals surface area (Å²) < 4.78 is 19.1. The van der Waals surface area contributed by atoms with E-state index in [4.69, 9.17) is 4.74 Å². The van der Waals surface area contributed by atoms with E-state index in [0.717, 1.165) is 37.7 Å². The van der Waals surface area contributed by atoms with Crippen LogP contribution < -0.4 is 5.32 Å². The van der Waals surface area contributed by atoms with Crippen molar-refractivity contribution in [3.8, 4) is 0 Å². The summed E-state index contributed by atoms with van der Waals surface area (Å²) in [6.07, 6.45) is 3.65. The SMILES string of the molecule is CC(NCCCOCC1CC1)c1ccccc1F. The summed E-state index contributed by atoms with van der Waals surface area (Å²) >= 11 is 0. The fourth-order valence-corrected chi connectivity index (χ4v) is 1.96. The standard InChI is InChI=1S/C15H22FNO/c1-12(14-5-2-3-6-15(14)16)17-9-4-10-18-11-13-7-8-13/h2-3,5-6,12-13,17H,4,7-11H2,1H3. The van der Waals surface area contributed by atoms with Crippen molar-refractivity contribution in [2.24, 2.45) is 5.92 Å². The third-order valence-electron chi connectivity index (χ3n) is 3.34. The molecule has 1 unspecified atom stereocenters. The molecule has 1 aromatic carbocycles. The molecule has 2 rings (SSSR count). The highest BCUT2D eigenvalue weighted by molar-refractivity contribution is 5.20. The average Bonchev–Trinajstić information content (AvgIpc) is 3.18. The van der Waals surface area contributed by atoms with Gasteiger partial charge in [0, 0.05) is 24.8 Å². The van der Waals surface area contributed by atoms with Gasteiger partial charge in [-0.2, -0.15) is 0 Å². The van der Waals surface area contributed by atoms with Crippen molar-refractivity contribution in [2.75, 3.05) is 19.8 Å². The van der Waals surface area contributed by atoms with E-state index < -0.39 is 0 Å². The second kappa shape index (κ2) is 6.86. The fraction of sp³-hybridized carbons (Fsp3) is 0.600. The second-order valence-corrected chi connectivity index (χ2v) is 5.07. The van der Waals surface area contributed by atoms with Crippen molar-refractivity contribution in [2.45, 2.75) is 32.2 Å². The summed E-state index contributed by atoms with van der Waals surface area (Å²) in [7, 11) is 0. The van der Waals surface area contributed by atoms with Crippen LogP contribution in [0, 0.1) is 11.7 Å². The topological polar surface area (TPSA) is 21.3 Å². The van der Waals surface area contributed by atoms with E-state index in [1.807, 2.05) is 19.1 Å². The molecule has 18 heavy (non-hydrogen) atoms. The highest BCUT2D eigenvalue weighted by atomic mass is 19.1. The molecule has 0 radical (unpaired) electrons. The maximum Gasteiger partial charge on any atom is 0.127 e. The first-order valence-corrected chi connectivity index (χ1v) is 6.83. The second-order valence-electron chi connectivity index (χ2n) is 5.07. The van der Waals surface area contributed by atoms with Gasteiger partial charge < -0.3 is 10.1 Å². The molecule has 2 nitrogen and oxygen atoms in total. The number of rotatable bonds is 8. The van der Waals surface area contributed by atoms with Gasteiger partial charge in [0.1, 0.15) is 5.82 Å². The molecule has 1 aromatic rings. The quantitative estimate of drug-likeness (QED) is 0.716. The first kappa shape index (κ1) is 13.5. The van der Waals surface area contributed by atoms with E-state index in [9.17, 15) is 4.39 Å². The minimum absolute atomic E-state index is 0.0506. The van der Waals surface area contributed by atoms with Crippen molar-refractivity contribution in [1.29, 1.82) is 0 Å². The van der Waals surface area contributed by atoms with Crippen LogP contribution >= 0.6 is 0 Å². The Kier molecular flexibility index (Phi) is 5.14. The molecule has 0 bridgehead atoms. The van der Waals surface area contributed by atoms with Gasteiger partial charge >= 0.3 is 0 Å². The first-order chi connectivity index (χ1) is 8.77. The molecule has 0 heterocycles. The fourth-order valence-electron chi connectivity index (χ4n) is 1.96. The molecule has 100 valence electrons. The smallest absolute Gasteiger partial charge is 0.127 e. The highest BCUT2D eigenvalue weighted by Crippen LogP contribution is 2.28. The van der Waals surface area contributed by atoms with Crippen LogP contribution in [0.2, 0.25) is 0 Å². The molecule has 1 N–H and O–H groups in total. The maximum absolute atomic E-state index is 13.5. The molecule has 0 aromatic heterocycles. The lowest BCUT2D eigenvalue weighted by Gasteiger charge is -2.14. The minimum atomic E-state index is -0.137. The monoisotopic (exact) mass is 251 g/mol. The summed E-state index contributed by atoms with van der Waals surface area (Å²) in [4.78, 5) is 0. The molecule has 0 spiro atoms. The van der Waals surface area contributed by atoms with Gasteiger partial charge in [0.05, 0.1) is 0 Å². The Balaban J connectivity index is 1.59. The van der Waals surface area contributed by atoms with Crippen LogP contribution in [0.25, 0.3) is 0 Å². The van der Waals surface area contributed by atoms with Crippen LogP contribution in [0.3, 0.4) is 0 Å². The Labute approximate surface area is 109 Å². The Morgan fingerprint density at radius 2 is 2.17 bits per heavy atom. The van der Waals surface area contributed by atoms with E-state index in [1.54, 1.807) is 6.07 Å². The summed E-state index contributed by atoms with van der Waals surface area (Å²) in [5.41, 5.74) is 0.733. The van der Waals surface area contributed by atoms with Crippen LogP contribution in [0.15, 0.2) is 24.3 Å². The van der Waals surface area contributed by atoms with Crippen molar-refractivity contribution in [3.63, 3.8) is 0 Å². The van der Waals surface area contributed by atoms with Crippen LogP contribution in [0.5, 0.6) is 0 Å². The molecule has 1 aliphatic rings. The Morgan fingerprint density at radius 1 is 1.39 bits per heavy atom. The van der Waals surface area contributed by atoms with Gasteiger partial charge in [-0.3, -0.25) is 0 Å². The predicted octanol–water partition coefficient (Wildman–Crippen LogP) is 3.29. The van der Waals surface area contributed by atoms with Gasteiger partial charge in [0.15, 0.2) is 0 Å². The summed E-state index contributed by atoms with van der Waals surface area (Å²) in [5, 5.41) is 3.32. The number of ether oxygens (including phenoxy) is 1. The maximum atomic E-state index is 13.5. The average molecular weight is 251 g/mol. The van der Waals surface area contributed by atoms with E-state index in [-0.39, 0.29) is 11.9 Å². The predicted molar refractivity (Wildman–Crippen MR) is 71.0 cm³/mol. The zero-order valence-corrected chi connectivity index (χ0v) is 11.0. The number of benzene rings is 1. The molecule has 3 heteroatoms. The lowest BCUT2D eigenvalue weighted by molar-refractivity contribution is 0.121. The summed E-state index contributed by atoms with van der Waals surface area (Å²) in [5.74, 6) is 0.692. The number of hydrogen-bond donors (Lipinski definition) is 1. The summed E-state index contributed by atoms with van der Waals surface area (Å²) in [6, 6.07) is 6.98. The lowest BCUT2D eigenvalue weighted by atomic mass is 10.1. The Bertz CT molecular complexity index is 365. The molecular formula is C15H22FNO. The van der Waals surface area contributed by atoms with E-state index >= 15 is 0 Å². The third kappa shape index (κ3) is 4.39. The molecule has 1 fully saturated rings. The number of hydrogen-bond acceptors (Lipinski definition) is 2. The summed E-state index contributed by atoms with van der Waals surface area (Å²) in [6.45, 7) is 4.57. The van der Waals surface area contributed by atoms with Crippen LogP contribution in [0.1, 0.15) is 37.8 Å². The van der Waals surface area contributed by atoms with Crippen molar-refractivity contribution >= 4 is 0 Å². The van der Waals surface area contributed by atoms with Gasteiger partial charge in [-0.05, 0) is 44.7 Å². The molecule has 1 saturated carbocycles. The van der Waals surface area contributed by atoms with Crippen molar-refractivity contribution in [1.82, 2.24) is 5.32 Å². The Morgan fingerprint density at radius 3 is 2.89 bits per heavy atom. The third-order valence-corrected chi connectivity index (χ3v) is 3.34. The molecule has 1 atom stereocenters. The normalized spacial score (nSPS) is 16.8. The molecular weight excluding hydrogens is 229 g/mol. The van der Waals surface area contributed by atoms with Gasteiger partial charge in [0.2, 0.25) is 0 Å². The van der Waals surface area contributed by atoms with Gasteiger partial charge in [-0.25, -0.2) is 4.39 Å². The largest absolute Gasteiger partial charge is 0.381 e. The van der Waals surface area contributed by atoms with Crippen LogP contribution in [-0.2, 0) is 4.74 Å². The van der Waals surface area contributed by atoms with E-state index in [2.05, 4.69) is 5.32 Å². The Hall–Kier alpha value is -0.930. The minimum Gasteiger partial charge on any atom is -0.381 e. The van der Waals surface area contributed by atoms with Crippen LogP contribution in [0.4, 0.5) is 4.39 Å². The molecule has 0 amide bonds. The van der Waals surface area contributed by atoms with Crippen LogP contribution in [-0.4, -0.2) is 19.8 Å². The number of nitrogens with one attached hydrogen (secondary N) is 1. The van der Waals surface area contributed by atoms with Gasteiger partial charge in [-0.1, -0.05) is 18.2 Å². The van der Waals surface area contributed by atoms with Crippen molar-refractivity contribution < 1.29 is 9.13 Å². The zero-order valence-electron chi connectivity index (χ0n) is 11.0. The van der Waals surface area contributed by atoms with E-state index in [0.29, 0.717) is 0 Å².